The molecule has 0 saturated carbocycles. The van der Waals surface area contributed by atoms with Crippen molar-refractivity contribution in [3.05, 3.63) is 74.8 Å². The van der Waals surface area contributed by atoms with E-state index in [0.29, 0.717) is 17.9 Å². The molecule has 36 heavy (non-hydrogen) atoms. The van der Waals surface area contributed by atoms with E-state index in [2.05, 4.69) is 44.5 Å². The predicted octanol–water partition coefficient (Wildman–Crippen LogP) is 3.87. The highest BCUT2D eigenvalue weighted by Gasteiger charge is 2.31. The zero-order valence-electron chi connectivity index (χ0n) is 20.7. The summed E-state index contributed by atoms with van der Waals surface area (Å²) in [6.07, 6.45) is 4.56. The standard InChI is InChI=1S/C27H30N6O3/c1-17-11-18(2)24-20(12-17)14-21(27(34)28-24)25(32-9-5-3-4-6-10-32)26-29-30-31-33(26)15-19-7-8-22-23(13-19)36-16-35-22/h7-8,11-14,25H,3-6,9-10,15-16H2,1-2H3,(H,28,34)/t25-/m1/s1. The Kier molecular flexibility index (Phi) is 5.92. The molecule has 2 aromatic heterocycles. The summed E-state index contributed by atoms with van der Waals surface area (Å²) in [5, 5.41) is 13.9. The van der Waals surface area contributed by atoms with Gasteiger partial charge in [0.1, 0.15) is 6.04 Å². The van der Waals surface area contributed by atoms with E-state index in [9.17, 15) is 4.79 Å². The van der Waals surface area contributed by atoms with Gasteiger partial charge in [-0.1, -0.05) is 30.5 Å². The van der Waals surface area contributed by atoms with Crippen LogP contribution < -0.4 is 15.0 Å². The van der Waals surface area contributed by atoms with Crippen LogP contribution in [0, 0.1) is 13.8 Å². The first-order chi connectivity index (χ1) is 17.6. The molecule has 186 valence electrons. The van der Waals surface area contributed by atoms with Crippen LogP contribution in [0.3, 0.4) is 0 Å². The number of aryl methyl sites for hydroxylation is 2. The van der Waals surface area contributed by atoms with Gasteiger partial charge in [0, 0.05) is 5.56 Å². The van der Waals surface area contributed by atoms with Crippen LogP contribution in [0.2, 0.25) is 0 Å². The first-order valence-corrected chi connectivity index (χ1v) is 12.6. The molecular weight excluding hydrogens is 456 g/mol. The lowest BCUT2D eigenvalue weighted by atomic mass is 10.0. The second kappa shape index (κ2) is 9.39. The van der Waals surface area contributed by atoms with Gasteiger partial charge in [0.05, 0.1) is 12.1 Å². The van der Waals surface area contributed by atoms with E-state index in [0.717, 1.165) is 65.0 Å². The number of rotatable bonds is 5. The monoisotopic (exact) mass is 486 g/mol. The van der Waals surface area contributed by atoms with E-state index in [1.54, 1.807) is 4.68 Å². The van der Waals surface area contributed by atoms with Crippen molar-refractivity contribution < 1.29 is 9.47 Å². The summed E-state index contributed by atoms with van der Waals surface area (Å²) < 4.78 is 12.8. The van der Waals surface area contributed by atoms with Gasteiger partial charge in [-0.2, -0.15) is 0 Å². The van der Waals surface area contributed by atoms with Crippen molar-refractivity contribution in [1.29, 1.82) is 0 Å². The Morgan fingerprint density at radius 3 is 2.64 bits per heavy atom. The highest BCUT2D eigenvalue weighted by Crippen LogP contribution is 2.34. The quantitative estimate of drug-likeness (QED) is 0.457. The first kappa shape index (κ1) is 22.7. The number of tetrazole rings is 1. The molecule has 0 spiro atoms. The maximum Gasteiger partial charge on any atom is 0.253 e. The minimum atomic E-state index is -0.346. The maximum atomic E-state index is 13.5. The first-order valence-electron chi connectivity index (χ1n) is 12.6. The molecule has 9 nitrogen and oxygen atoms in total. The summed E-state index contributed by atoms with van der Waals surface area (Å²) in [6, 6.07) is 11.8. The van der Waals surface area contributed by atoms with Crippen LogP contribution in [-0.2, 0) is 6.54 Å². The maximum absolute atomic E-state index is 13.5. The van der Waals surface area contributed by atoms with E-state index >= 15 is 0 Å². The number of ether oxygens (including phenoxy) is 2. The van der Waals surface area contributed by atoms with E-state index in [1.807, 2.05) is 31.2 Å². The lowest BCUT2D eigenvalue weighted by molar-refractivity contribution is 0.174. The molecule has 6 rings (SSSR count). The fourth-order valence-corrected chi connectivity index (χ4v) is 5.49. The Morgan fingerprint density at radius 1 is 1.00 bits per heavy atom. The van der Waals surface area contributed by atoms with Crippen LogP contribution in [0.1, 0.15) is 59.8 Å². The van der Waals surface area contributed by atoms with Gasteiger partial charge < -0.3 is 14.5 Å². The number of aromatic amines is 1. The number of hydrogen-bond acceptors (Lipinski definition) is 7. The zero-order chi connectivity index (χ0) is 24.6. The SMILES string of the molecule is Cc1cc(C)c2[nH]c(=O)c([C@H](c3nnnn3Cc3ccc4c(c3)OCO4)N3CCCCCC3)cc2c1. The summed E-state index contributed by atoms with van der Waals surface area (Å²) in [5.41, 5.74) is 4.69. The smallest absolute Gasteiger partial charge is 0.253 e. The average Bonchev–Trinajstić information content (AvgIpc) is 3.43. The molecule has 4 heterocycles. The number of aromatic nitrogens is 5. The van der Waals surface area contributed by atoms with Crippen LogP contribution in [0.15, 0.2) is 41.2 Å². The van der Waals surface area contributed by atoms with Crippen molar-refractivity contribution in [2.45, 2.75) is 52.1 Å². The Labute approximate surface area is 209 Å². The van der Waals surface area contributed by atoms with Crippen molar-refractivity contribution >= 4 is 10.9 Å². The van der Waals surface area contributed by atoms with Crippen LogP contribution in [0.4, 0.5) is 0 Å². The Morgan fingerprint density at radius 2 is 1.81 bits per heavy atom. The molecule has 9 heteroatoms. The Balaban J connectivity index is 1.45. The lowest BCUT2D eigenvalue weighted by Crippen LogP contribution is -2.36. The van der Waals surface area contributed by atoms with Gasteiger partial charge >= 0.3 is 0 Å². The third-order valence-corrected chi connectivity index (χ3v) is 7.20. The molecule has 1 saturated heterocycles. The van der Waals surface area contributed by atoms with Crippen LogP contribution in [0.5, 0.6) is 11.5 Å². The van der Waals surface area contributed by atoms with Gasteiger partial charge in [0.2, 0.25) is 6.79 Å². The number of benzene rings is 2. The molecule has 2 aromatic carbocycles. The van der Waals surface area contributed by atoms with Gasteiger partial charge in [-0.3, -0.25) is 9.69 Å². The van der Waals surface area contributed by atoms with Crippen molar-refractivity contribution in [2.24, 2.45) is 0 Å². The molecule has 1 fully saturated rings. The molecule has 0 aliphatic carbocycles. The summed E-state index contributed by atoms with van der Waals surface area (Å²) >= 11 is 0. The fraction of sp³-hybridized carbons (Fsp3) is 0.407. The van der Waals surface area contributed by atoms with Crippen molar-refractivity contribution in [2.75, 3.05) is 19.9 Å². The predicted molar refractivity (Wildman–Crippen MR) is 135 cm³/mol. The van der Waals surface area contributed by atoms with Gasteiger partial charge in [-0.15, -0.1) is 5.10 Å². The number of pyridine rings is 1. The van der Waals surface area contributed by atoms with E-state index < -0.39 is 0 Å². The number of hydrogen-bond donors (Lipinski definition) is 1. The van der Waals surface area contributed by atoms with Gasteiger partial charge in [-0.05, 0) is 91.0 Å². The molecule has 0 amide bonds. The molecule has 1 N–H and O–H groups in total. The summed E-state index contributed by atoms with van der Waals surface area (Å²) in [6.45, 7) is 6.60. The highest BCUT2D eigenvalue weighted by molar-refractivity contribution is 5.83. The van der Waals surface area contributed by atoms with Crippen LogP contribution >= 0.6 is 0 Å². The molecule has 2 aliphatic heterocycles. The van der Waals surface area contributed by atoms with E-state index in [4.69, 9.17) is 9.47 Å². The molecule has 1 atom stereocenters. The average molecular weight is 487 g/mol. The fourth-order valence-electron chi connectivity index (χ4n) is 5.49. The molecule has 0 bridgehead atoms. The van der Waals surface area contributed by atoms with Crippen molar-refractivity contribution in [1.82, 2.24) is 30.1 Å². The van der Waals surface area contributed by atoms with Crippen molar-refractivity contribution in [3.63, 3.8) is 0 Å². The summed E-state index contributed by atoms with van der Waals surface area (Å²) in [7, 11) is 0. The number of nitrogens with one attached hydrogen (secondary N) is 1. The second-order valence-corrected chi connectivity index (χ2v) is 9.83. The van der Waals surface area contributed by atoms with Crippen molar-refractivity contribution in [3.8, 4) is 11.5 Å². The van der Waals surface area contributed by atoms with Crippen LogP contribution in [-0.4, -0.2) is 50.0 Å². The van der Waals surface area contributed by atoms with E-state index in [-0.39, 0.29) is 18.4 Å². The second-order valence-electron chi connectivity index (χ2n) is 9.83. The van der Waals surface area contributed by atoms with Gasteiger partial charge in [0.25, 0.3) is 5.56 Å². The minimum absolute atomic E-state index is 0.0960. The lowest BCUT2D eigenvalue weighted by Gasteiger charge is -2.29. The highest BCUT2D eigenvalue weighted by atomic mass is 16.7. The van der Waals surface area contributed by atoms with E-state index in [1.165, 1.54) is 12.8 Å². The zero-order valence-corrected chi connectivity index (χ0v) is 20.7. The van der Waals surface area contributed by atoms with Crippen LogP contribution in [0.25, 0.3) is 10.9 Å². The van der Waals surface area contributed by atoms with Gasteiger partial charge in [-0.25, -0.2) is 4.68 Å². The minimum Gasteiger partial charge on any atom is -0.454 e. The number of nitrogens with zero attached hydrogens (tertiary/aromatic N) is 5. The largest absolute Gasteiger partial charge is 0.454 e. The third kappa shape index (κ3) is 4.24. The molecule has 0 radical (unpaired) electrons. The normalized spacial score (nSPS) is 16.8. The number of likely N-dealkylation sites (tertiary alicyclic amines) is 1. The third-order valence-electron chi connectivity index (χ3n) is 7.20. The van der Waals surface area contributed by atoms with Gasteiger partial charge in [0.15, 0.2) is 17.3 Å². The molecule has 0 unspecified atom stereocenters. The number of H-pyrrole nitrogens is 1. The number of fused-ring (bicyclic) bond motifs is 2. The Hall–Kier alpha value is -3.72. The molecule has 2 aliphatic rings. The molecule has 4 aromatic rings. The Bertz CT molecular complexity index is 1470. The summed E-state index contributed by atoms with van der Waals surface area (Å²) in [4.78, 5) is 19.1. The molecular formula is C27H30N6O3. The topological polar surface area (TPSA) is 98.2 Å². The summed E-state index contributed by atoms with van der Waals surface area (Å²) in [5.74, 6) is 2.14.